The van der Waals surface area contributed by atoms with Crippen LogP contribution in [0.15, 0.2) is 42.6 Å². The van der Waals surface area contributed by atoms with Crippen LogP contribution in [0.25, 0.3) is 0 Å². The molecular formula is C21H29N5O. The van der Waals surface area contributed by atoms with Gasteiger partial charge >= 0.3 is 0 Å². The second-order valence-electron chi connectivity index (χ2n) is 7.42. The summed E-state index contributed by atoms with van der Waals surface area (Å²) >= 11 is 0. The molecule has 1 saturated heterocycles. The normalized spacial score (nSPS) is 15.1. The highest BCUT2D eigenvalue weighted by Crippen LogP contribution is 2.23. The molecule has 0 spiro atoms. The Morgan fingerprint density at radius 2 is 1.93 bits per heavy atom. The lowest BCUT2D eigenvalue weighted by Crippen LogP contribution is -2.36. The van der Waals surface area contributed by atoms with Crippen LogP contribution in [0.1, 0.15) is 28.9 Å². The summed E-state index contributed by atoms with van der Waals surface area (Å²) in [6, 6.07) is 12.4. The van der Waals surface area contributed by atoms with Crippen molar-refractivity contribution in [2.24, 2.45) is 5.92 Å². The Hall–Kier alpha value is -2.47. The Balaban J connectivity index is 1.53. The molecule has 2 heterocycles. The maximum absolute atomic E-state index is 12.3. The van der Waals surface area contributed by atoms with Crippen LogP contribution in [0.5, 0.6) is 0 Å². The van der Waals surface area contributed by atoms with E-state index < -0.39 is 0 Å². The van der Waals surface area contributed by atoms with Gasteiger partial charge in [-0.25, -0.2) is 9.97 Å². The van der Waals surface area contributed by atoms with Crippen LogP contribution in [-0.4, -0.2) is 61.0 Å². The van der Waals surface area contributed by atoms with Crippen molar-refractivity contribution < 1.29 is 4.79 Å². The van der Waals surface area contributed by atoms with E-state index in [0.717, 1.165) is 38.9 Å². The quantitative estimate of drug-likeness (QED) is 0.813. The molecule has 1 aliphatic heterocycles. The lowest BCUT2D eigenvalue weighted by molar-refractivity contribution is 0.0946. The molecule has 0 atom stereocenters. The first-order chi connectivity index (χ1) is 13.1. The largest absolute Gasteiger partial charge is 0.349 e. The molecule has 1 aliphatic rings. The molecule has 0 radical (unpaired) electrons. The van der Waals surface area contributed by atoms with Crippen molar-refractivity contribution in [3.05, 3.63) is 53.9 Å². The van der Waals surface area contributed by atoms with Crippen LogP contribution in [0.4, 0.5) is 5.95 Å². The summed E-state index contributed by atoms with van der Waals surface area (Å²) in [4.78, 5) is 25.4. The number of nitrogens with zero attached hydrogens (tertiary/aromatic N) is 4. The van der Waals surface area contributed by atoms with Crippen molar-refractivity contribution in [2.45, 2.75) is 19.3 Å². The van der Waals surface area contributed by atoms with Gasteiger partial charge in [-0.1, -0.05) is 30.3 Å². The van der Waals surface area contributed by atoms with Crippen LogP contribution in [0.3, 0.4) is 0 Å². The molecule has 27 heavy (non-hydrogen) atoms. The Bertz CT molecular complexity index is 726. The number of anilines is 1. The smallest absolute Gasteiger partial charge is 0.270 e. The molecule has 1 amide bonds. The Morgan fingerprint density at radius 3 is 2.63 bits per heavy atom. The molecule has 6 nitrogen and oxygen atoms in total. The van der Waals surface area contributed by atoms with Crippen LogP contribution in [-0.2, 0) is 6.42 Å². The predicted molar refractivity (Wildman–Crippen MR) is 108 cm³/mol. The van der Waals surface area contributed by atoms with Crippen molar-refractivity contribution >= 4 is 11.9 Å². The van der Waals surface area contributed by atoms with Gasteiger partial charge < -0.3 is 15.1 Å². The third kappa shape index (κ3) is 5.76. The Morgan fingerprint density at radius 1 is 1.19 bits per heavy atom. The van der Waals surface area contributed by atoms with E-state index in [0.29, 0.717) is 24.1 Å². The second-order valence-corrected chi connectivity index (χ2v) is 7.42. The Labute approximate surface area is 161 Å². The number of carbonyl (C=O) groups is 1. The fourth-order valence-corrected chi connectivity index (χ4v) is 3.40. The predicted octanol–water partition coefficient (Wildman–Crippen LogP) is 2.23. The molecule has 1 fully saturated rings. The molecule has 0 bridgehead atoms. The number of nitrogens with one attached hydrogen (secondary N) is 1. The molecule has 0 saturated carbocycles. The zero-order chi connectivity index (χ0) is 19.1. The number of likely N-dealkylation sites (N-methyl/N-ethyl adjacent to an activating group) is 1. The van der Waals surface area contributed by atoms with Crippen molar-refractivity contribution in [2.75, 3.05) is 45.2 Å². The van der Waals surface area contributed by atoms with E-state index in [9.17, 15) is 4.79 Å². The number of aromatic nitrogens is 2. The first kappa shape index (κ1) is 19.3. The fraction of sp³-hybridized carbons (Fsp3) is 0.476. The van der Waals surface area contributed by atoms with Crippen LogP contribution < -0.4 is 10.2 Å². The molecule has 0 unspecified atom stereocenters. The highest BCUT2D eigenvalue weighted by molar-refractivity contribution is 5.92. The molecule has 1 aromatic heterocycles. The molecular weight excluding hydrogens is 338 g/mol. The minimum absolute atomic E-state index is 0.139. The maximum Gasteiger partial charge on any atom is 0.270 e. The van der Waals surface area contributed by atoms with Gasteiger partial charge in [-0.2, -0.15) is 0 Å². The van der Waals surface area contributed by atoms with Gasteiger partial charge in [0.15, 0.2) is 0 Å². The molecule has 144 valence electrons. The third-order valence-electron chi connectivity index (χ3n) is 4.98. The van der Waals surface area contributed by atoms with Gasteiger partial charge in [0.25, 0.3) is 5.91 Å². The summed E-state index contributed by atoms with van der Waals surface area (Å²) in [7, 11) is 3.97. The highest BCUT2D eigenvalue weighted by Gasteiger charge is 2.22. The Kier molecular flexibility index (Phi) is 6.76. The number of hydrogen-bond donors (Lipinski definition) is 1. The average molecular weight is 367 g/mol. The van der Waals surface area contributed by atoms with E-state index >= 15 is 0 Å². The fourth-order valence-electron chi connectivity index (χ4n) is 3.40. The molecule has 1 N–H and O–H groups in total. The monoisotopic (exact) mass is 367 g/mol. The van der Waals surface area contributed by atoms with Crippen molar-refractivity contribution in [1.29, 1.82) is 0 Å². The van der Waals surface area contributed by atoms with E-state index in [1.54, 1.807) is 12.3 Å². The van der Waals surface area contributed by atoms with Crippen LogP contribution in [0, 0.1) is 5.92 Å². The first-order valence-electron chi connectivity index (χ1n) is 9.66. The molecule has 6 heteroatoms. The zero-order valence-electron chi connectivity index (χ0n) is 16.3. The average Bonchev–Trinajstić information content (AvgIpc) is 2.69. The van der Waals surface area contributed by atoms with E-state index in [1.807, 2.05) is 19.0 Å². The van der Waals surface area contributed by atoms with E-state index in [1.165, 1.54) is 5.56 Å². The van der Waals surface area contributed by atoms with E-state index in [-0.39, 0.29) is 5.91 Å². The van der Waals surface area contributed by atoms with Crippen LogP contribution in [0.2, 0.25) is 0 Å². The van der Waals surface area contributed by atoms with Gasteiger partial charge in [0.1, 0.15) is 5.69 Å². The second kappa shape index (κ2) is 9.46. The molecule has 3 rings (SSSR count). The van der Waals surface area contributed by atoms with Crippen LogP contribution >= 0.6 is 0 Å². The summed E-state index contributed by atoms with van der Waals surface area (Å²) < 4.78 is 0. The van der Waals surface area contributed by atoms with Gasteiger partial charge in [0, 0.05) is 32.4 Å². The summed E-state index contributed by atoms with van der Waals surface area (Å²) in [5.41, 5.74) is 1.84. The summed E-state index contributed by atoms with van der Waals surface area (Å²) in [6.07, 6.45) is 5.05. The van der Waals surface area contributed by atoms with E-state index in [2.05, 4.69) is 50.5 Å². The van der Waals surface area contributed by atoms with Gasteiger partial charge in [-0.3, -0.25) is 4.79 Å². The maximum atomic E-state index is 12.3. The van der Waals surface area contributed by atoms with Gasteiger partial charge in [-0.15, -0.1) is 0 Å². The minimum atomic E-state index is -0.139. The van der Waals surface area contributed by atoms with Crippen molar-refractivity contribution in [3.8, 4) is 0 Å². The van der Waals surface area contributed by atoms with Gasteiger partial charge in [0.05, 0.1) is 0 Å². The number of piperidine rings is 1. The van der Waals surface area contributed by atoms with Gasteiger partial charge in [-0.05, 0) is 50.9 Å². The lowest BCUT2D eigenvalue weighted by Gasteiger charge is -2.32. The zero-order valence-corrected chi connectivity index (χ0v) is 16.3. The number of rotatable bonds is 7. The number of amides is 1. The van der Waals surface area contributed by atoms with Crippen molar-refractivity contribution in [1.82, 2.24) is 20.2 Å². The molecule has 0 aliphatic carbocycles. The lowest BCUT2D eigenvalue weighted by atomic mass is 9.90. The summed E-state index contributed by atoms with van der Waals surface area (Å²) in [6.45, 7) is 3.28. The first-order valence-corrected chi connectivity index (χ1v) is 9.66. The number of benzene rings is 1. The minimum Gasteiger partial charge on any atom is -0.349 e. The van der Waals surface area contributed by atoms with E-state index in [4.69, 9.17) is 0 Å². The topological polar surface area (TPSA) is 61.4 Å². The standard InChI is InChI=1S/C21H29N5O/c1-25(2)15-12-22-20(27)19-8-11-23-21(24-19)26-13-9-18(10-14-26)16-17-6-4-3-5-7-17/h3-8,11,18H,9-10,12-16H2,1-2H3,(H,22,27). The number of carbonyl (C=O) groups excluding carboxylic acids is 1. The highest BCUT2D eigenvalue weighted by atomic mass is 16.1. The third-order valence-corrected chi connectivity index (χ3v) is 4.98. The summed E-state index contributed by atoms with van der Waals surface area (Å²) in [5.74, 6) is 1.22. The molecule has 2 aromatic rings. The molecule has 1 aromatic carbocycles. The summed E-state index contributed by atoms with van der Waals surface area (Å²) in [5, 5.41) is 2.91. The van der Waals surface area contributed by atoms with Gasteiger partial charge in [0.2, 0.25) is 5.95 Å². The SMILES string of the molecule is CN(C)CCNC(=O)c1ccnc(N2CCC(Cc3ccccc3)CC2)n1. The van der Waals surface area contributed by atoms with Crippen molar-refractivity contribution in [3.63, 3.8) is 0 Å². The number of hydrogen-bond acceptors (Lipinski definition) is 5.